The van der Waals surface area contributed by atoms with Crippen molar-refractivity contribution in [3.63, 3.8) is 0 Å². The molecule has 1 atom stereocenters. The number of aromatic amines is 1. The Morgan fingerprint density at radius 3 is 2.60 bits per heavy atom. The fourth-order valence-corrected chi connectivity index (χ4v) is 4.39. The second-order valence-electron chi connectivity index (χ2n) is 8.40. The highest BCUT2D eigenvalue weighted by molar-refractivity contribution is 9.10. The third-order valence-electron chi connectivity index (χ3n) is 5.92. The lowest BCUT2D eigenvalue weighted by Gasteiger charge is -2.36. The van der Waals surface area contributed by atoms with Gasteiger partial charge in [-0.15, -0.1) is 0 Å². The summed E-state index contributed by atoms with van der Waals surface area (Å²) in [6.45, 7) is 4.07. The number of hydrogen-bond acceptors (Lipinski definition) is 8. The summed E-state index contributed by atoms with van der Waals surface area (Å²) in [5.74, 6) is 2.32. The number of hydrogen-bond donors (Lipinski definition) is 2. The molecule has 1 aromatic carbocycles. The molecule has 9 nitrogen and oxygen atoms in total. The number of pyridine rings is 2. The van der Waals surface area contributed by atoms with Gasteiger partial charge < -0.3 is 19.7 Å². The summed E-state index contributed by atoms with van der Waals surface area (Å²) in [7, 11) is 0. The molecule has 1 saturated heterocycles. The fourth-order valence-electron chi connectivity index (χ4n) is 4.06. The third-order valence-corrected chi connectivity index (χ3v) is 6.35. The van der Waals surface area contributed by atoms with Gasteiger partial charge in [-0.1, -0.05) is 0 Å². The molecule has 1 aliphatic rings. The maximum absolute atomic E-state index is 10.5. The summed E-state index contributed by atoms with van der Waals surface area (Å²) in [6, 6.07) is 15.3. The molecule has 1 fully saturated rings. The van der Waals surface area contributed by atoms with Gasteiger partial charge in [0.1, 0.15) is 36.2 Å². The van der Waals surface area contributed by atoms with Gasteiger partial charge in [-0.05, 0) is 58.4 Å². The number of fused-ring (bicyclic) bond motifs is 1. The molecular weight excluding hydrogens is 510 g/mol. The van der Waals surface area contributed by atoms with Crippen molar-refractivity contribution >= 4 is 32.9 Å². The highest BCUT2D eigenvalue weighted by Gasteiger charge is 2.20. The average molecular weight is 534 g/mol. The monoisotopic (exact) mass is 533 g/mol. The van der Waals surface area contributed by atoms with Gasteiger partial charge in [0.2, 0.25) is 0 Å². The first-order valence-electron chi connectivity index (χ1n) is 11.3. The Bertz CT molecular complexity index is 1330. The number of aliphatic hydroxyl groups excluding tert-OH is 1. The van der Waals surface area contributed by atoms with E-state index in [0.717, 1.165) is 53.4 Å². The number of nitriles is 1. The highest BCUT2D eigenvalue weighted by atomic mass is 79.9. The average Bonchev–Trinajstić information content (AvgIpc) is 3.31. The number of piperazine rings is 1. The van der Waals surface area contributed by atoms with Crippen molar-refractivity contribution < 1.29 is 9.84 Å². The summed E-state index contributed by atoms with van der Waals surface area (Å²) in [5.41, 5.74) is 3.03. The molecule has 5 rings (SSSR count). The van der Waals surface area contributed by atoms with E-state index in [9.17, 15) is 5.11 Å². The first-order chi connectivity index (χ1) is 17.1. The molecule has 0 amide bonds. The second-order valence-corrected chi connectivity index (χ2v) is 9.32. The molecule has 0 spiro atoms. The molecule has 10 heteroatoms. The van der Waals surface area contributed by atoms with Crippen LogP contribution in [0.5, 0.6) is 5.75 Å². The molecule has 178 valence electrons. The predicted octanol–water partition coefficient (Wildman–Crippen LogP) is 3.22. The van der Waals surface area contributed by atoms with Crippen LogP contribution < -0.4 is 9.64 Å². The SMILES string of the molecule is N#Cc1ccc(N2CCN(CC(O)COc3ccc(-c4nc5ncc(Br)cc5[nH]4)cc3)CC2)nc1. The number of nitrogens with zero attached hydrogens (tertiary/aromatic N) is 6. The number of aromatic nitrogens is 4. The summed E-state index contributed by atoms with van der Waals surface area (Å²) >= 11 is 3.42. The number of halogens is 1. The number of ether oxygens (including phenoxy) is 1. The normalized spacial score (nSPS) is 15.2. The molecule has 4 aromatic rings. The van der Waals surface area contributed by atoms with Crippen molar-refractivity contribution in [1.29, 1.82) is 5.26 Å². The summed E-state index contributed by atoms with van der Waals surface area (Å²) in [4.78, 5) is 20.9. The Balaban J connectivity index is 1.09. The van der Waals surface area contributed by atoms with Crippen LogP contribution in [-0.4, -0.2) is 75.4 Å². The topological polar surface area (TPSA) is 114 Å². The first-order valence-corrected chi connectivity index (χ1v) is 12.1. The molecule has 0 aliphatic carbocycles. The van der Waals surface area contributed by atoms with Crippen LogP contribution in [0.4, 0.5) is 5.82 Å². The Morgan fingerprint density at radius 2 is 1.89 bits per heavy atom. The number of rotatable bonds is 7. The lowest BCUT2D eigenvalue weighted by Crippen LogP contribution is -2.49. The molecule has 1 aliphatic heterocycles. The summed E-state index contributed by atoms with van der Waals surface area (Å²) in [5, 5.41) is 19.4. The zero-order valence-electron chi connectivity index (χ0n) is 18.9. The van der Waals surface area contributed by atoms with Crippen LogP contribution in [0.25, 0.3) is 22.6 Å². The molecular formula is C25H24BrN7O2. The van der Waals surface area contributed by atoms with Crippen LogP contribution in [-0.2, 0) is 0 Å². The number of aliphatic hydroxyl groups is 1. The van der Waals surface area contributed by atoms with Crippen LogP contribution >= 0.6 is 15.9 Å². The maximum Gasteiger partial charge on any atom is 0.178 e. The van der Waals surface area contributed by atoms with Crippen molar-refractivity contribution in [2.75, 3.05) is 44.2 Å². The van der Waals surface area contributed by atoms with Crippen molar-refractivity contribution in [2.45, 2.75) is 6.10 Å². The highest BCUT2D eigenvalue weighted by Crippen LogP contribution is 2.23. The molecule has 4 heterocycles. The van der Waals surface area contributed by atoms with Crippen LogP contribution in [0.3, 0.4) is 0 Å². The van der Waals surface area contributed by atoms with E-state index in [2.05, 4.69) is 51.7 Å². The van der Waals surface area contributed by atoms with Crippen molar-refractivity contribution in [3.8, 4) is 23.2 Å². The van der Waals surface area contributed by atoms with Gasteiger partial charge in [-0.25, -0.2) is 15.0 Å². The van der Waals surface area contributed by atoms with Gasteiger partial charge in [-0.3, -0.25) is 4.90 Å². The Kier molecular flexibility index (Phi) is 6.90. The van der Waals surface area contributed by atoms with Gasteiger partial charge in [0.15, 0.2) is 5.65 Å². The molecule has 3 aromatic heterocycles. The third kappa shape index (κ3) is 5.59. The van der Waals surface area contributed by atoms with Gasteiger partial charge in [-0.2, -0.15) is 5.26 Å². The van der Waals surface area contributed by atoms with Crippen LogP contribution in [0.1, 0.15) is 5.56 Å². The maximum atomic E-state index is 10.5. The molecule has 0 bridgehead atoms. The van der Waals surface area contributed by atoms with Crippen LogP contribution in [0.15, 0.2) is 59.3 Å². The Morgan fingerprint density at radius 1 is 1.09 bits per heavy atom. The standard InChI is InChI=1S/C25H24BrN7O2/c26-19-11-22-25(29-14-19)31-24(30-22)18-2-4-21(5-3-18)35-16-20(34)15-32-7-9-33(10-8-32)23-6-1-17(12-27)13-28-23/h1-6,11,13-14,20,34H,7-10,15-16H2,(H,29,30,31). The van der Waals surface area contributed by atoms with Crippen molar-refractivity contribution in [1.82, 2.24) is 24.8 Å². The quantitative estimate of drug-likeness (QED) is 0.372. The summed E-state index contributed by atoms with van der Waals surface area (Å²) in [6.07, 6.45) is 2.73. The number of imidazole rings is 1. The minimum Gasteiger partial charge on any atom is -0.491 e. The predicted molar refractivity (Wildman–Crippen MR) is 136 cm³/mol. The van der Waals surface area contributed by atoms with E-state index in [4.69, 9.17) is 10.00 Å². The van der Waals surface area contributed by atoms with E-state index < -0.39 is 6.10 Å². The number of β-amino-alcohol motifs (C(OH)–C–C–N with tert-alkyl or cyclic N) is 1. The van der Waals surface area contributed by atoms with Gasteiger partial charge in [0, 0.05) is 55.2 Å². The van der Waals surface area contributed by atoms with E-state index >= 15 is 0 Å². The number of H-pyrrole nitrogens is 1. The smallest absolute Gasteiger partial charge is 0.178 e. The van der Waals surface area contributed by atoms with E-state index in [1.165, 1.54) is 0 Å². The zero-order chi connectivity index (χ0) is 24.2. The second kappa shape index (κ2) is 10.4. The lowest BCUT2D eigenvalue weighted by molar-refractivity contribution is 0.0662. The van der Waals surface area contributed by atoms with Crippen LogP contribution in [0, 0.1) is 11.3 Å². The van der Waals surface area contributed by atoms with E-state index in [-0.39, 0.29) is 6.61 Å². The van der Waals surface area contributed by atoms with Gasteiger partial charge in [0.25, 0.3) is 0 Å². The van der Waals surface area contributed by atoms with Gasteiger partial charge in [0.05, 0.1) is 11.1 Å². The molecule has 0 radical (unpaired) electrons. The van der Waals surface area contributed by atoms with E-state index in [1.807, 2.05) is 36.4 Å². The molecule has 1 unspecified atom stereocenters. The largest absolute Gasteiger partial charge is 0.491 e. The zero-order valence-corrected chi connectivity index (χ0v) is 20.5. The lowest BCUT2D eigenvalue weighted by atomic mass is 10.2. The minimum absolute atomic E-state index is 0.222. The molecule has 35 heavy (non-hydrogen) atoms. The van der Waals surface area contributed by atoms with E-state index in [1.54, 1.807) is 18.5 Å². The van der Waals surface area contributed by atoms with Gasteiger partial charge >= 0.3 is 0 Å². The minimum atomic E-state index is -0.589. The van der Waals surface area contributed by atoms with Crippen molar-refractivity contribution in [3.05, 3.63) is 64.9 Å². The number of nitrogens with one attached hydrogen (secondary N) is 1. The van der Waals surface area contributed by atoms with Crippen LogP contribution in [0.2, 0.25) is 0 Å². The Labute approximate surface area is 211 Å². The summed E-state index contributed by atoms with van der Waals surface area (Å²) < 4.78 is 6.71. The number of benzene rings is 1. The Hall–Kier alpha value is -3.52. The van der Waals surface area contributed by atoms with E-state index in [0.29, 0.717) is 23.5 Å². The first kappa shape index (κ1) is 23.2. The van der Waals surface area contributed by atoms with Crippen molar-refractivity contribution in [2.24, 2.45) is 0 Å². The number of anilines is 1. The molecule has 2 N–H and O–H groups in total. The fraction of sp³-hybridized carbons (Fsp3) is 0.280. The molecule has 0 saturated carbocycles.